The topological polar surface area (TPSA) is 53.3 Å². The molecule has 5 nitrogen and oxygen atoms in total. The number of carbonyl (C=O) groups excluding carboxylic acids is 1. The molecule has 3 rings (SSSR count). The monoisotopic (exact) mass is 274 g/mol. The summed E-state index contributed by atoms with van der Waals surface area (Å²) in [6.45, 7) is 4.51. The predicted octanol–water partition coefficient (Wildman–Crippen LogP) is 2.25. The van der Waals surface area contributed by atoms with E-state index in [1.807, 2.05) is 28.9 Å². The molecule has 2 aromatic rings. The first-order valence-electron chi connectivity index (χ1n) is 7.00. The van der Waals surface area contributed by atoms with E-state index in [1.54, 1.807) is 6.92 Å². The fraction of sp³-hybridized carbons (Fsp3) is 0.467. The maximum atomic E-state index is 12.0. The van der Waals surface area contributed by atoms with E-state index in [4.69, 9.17) is 9.47 Å². The summed E-state index contributed by atoms with van der Waals surface area (Å²) in [6.07, 6.45) is 1.04. The van der Waals surface area contributed by atoms with Gasteiger partial charge in [-0.05, 0) is 19.4 Å². The van der Waals surface area contributed by atoms with Crippen LogP contribution in [0.2, 0.25) is 0 Å². The summed E-state index contributed by atoms with van der Waals surface area (Å²) >= 11 is 0. The molecule has 0 radical (unpaired) electrons. The van der Waals surface area contributed by atoms with Crippen LogP contribution in [0.25, 0.3) is 10.9 Å². The van der Waals surface area contributed by atoms with Crippen LogP contribution in [0.5, 0.6) is 0 Å². The standard InChI is InChI=1S/C15H18N2O3/c1-2-20-15(18)14-12-5-3-4-6-13(12)17(16-14)9-11-7-8-19-10-11/h3-6,11H,2,7-10H2,1H3. The highest BCUT2D eigenvalue weighted by Gasteiger charge is 2.21. The first kappa shape index (κ1) is 13.1. The van der Waals surface area contributed by atoms with Crippen LogP contribution in [-0.2, 0) is 16.0 Å². The Kier molecular flexibility index (Phi) is 3.69. The summed E-state index contributed by atoms with van der Waals surface area (Å²) in [5, 5.41) is 5.31. The third-order valence-electron chi connectivity index (χ3n) is 3.58. The van der Waals surface area contributed by atoms with E-state index in [1.165, 1.54) is 0 Å². The summed E-state index contributed by atoms with van der Waals surface area (Å²) in [6, 6.07) is 7.77. The third-order valence-corrected chi connectivity index (χ3v) is 3.58. The van der Waals surface area contributed by atoms with Gasteiger partial charge in [-0.3, -0.25) is 4.68 Å². The minimum absolute atomic E-state index is 0.356. The van der Waals surface area contributed by atoms with Gasteiger partial charge in [-0.1, -0.05) is 18.2 Å². The van der Waals surface area contributed by atoms with Gasteiger partial charge >= 0.3 is 5.97 Å². The molecule has 0 saturated carbocycles. The smallest absolute Gasteiger partial charge is 0.359 e. The Morgan fingerprint density at radius 1 is 1.50 bits per heavy atom. The second-order valence-corrected chi connectivity index (χ2v) is 5.00. The molecule has 1 saturated heterocycles. The molecule has 20 heavy (non-hydrogen) atoms. The Hall–Kier alpha value is -1.88. The normalized spacial score (nSPS) is 18.6. The molecule has 1 atom stereocenters. The number of hydrogen-bond donors (Lipinski definition) is 0. The van der Waals surface area contributed by atoms with E-state index in [0.717, 1.165) is 37.1 Å². The van der Waals surface area contributed by atoms with Crippen LogP contribution < -0.4 is 0 Å². The number of aromatic nitrogens is 2. The Bertz CT molecular complexity index is 615. The summed E-state index contributed by atoms with van der Waals surface area (Å²) in [5.74, 6) is 0.110. The van der Waals surface area contributed by atoms with E-state index in [2.05, 4.69) is 5.10 Å². The Labute approximate surface area is 117 Å². The molecule has 1 aromatic heterocycles. The molecular weight excluding hydrogens is 256 g/mol. The molecule has 1 fully saturated rings. The summed E-state index contributed by atoms with van der Waals surface area (Å²) in [4.78, 5) is 12.0. The minimum Gasteiger partial charge on any atom is -0.461 e. The number of fused-ring (bicyclic) bond motifs is 1. The molecule has 1 aliphatic rings. The number of ether oxygens (including phenoxy) is 2. The molecule has 0 bridgehead atoms. The number of benzene rings is 1. The van der Waals surface area contributed by atoms with Gasteiger partial charge in [0, 0.05) is 24.5 Å². The van der Waals surface area contributed by atoms with Crippen LogP contribution in [0.3, 0.4) is 0 Å². The molecule has 1 unspecified atom stereocenters. The molecule has 1 aliphatic heterocycles. The third kappa shape index (κ3) is 2.41. The first-order chi connectivity index (χ1) is 9.79. The summed E-state index contributed by atoms with van der Waals surface area (Å²) in [5.41, 5.74) is 1.38. The highest BCUT2D eigenvalue weighted by Crippen LogP contribution is 2.22. The van der Waals surface area contributed by atoms with Gasteiger partial charge in [-0.15, -0.1) is 0 Å². The van der Waals surface area contributed by atoms with Crippen LogP contribution in [0.4, 0.5) is 0 Å². The maximum absolute atomic E-state index is 12.0. The maximum Gasteiger partial charge on any atom is 0.359 e. The molecule has 0 amide bonds. The van der Waals surface area contributed by atoms with Gasteiger partial charge < -0.3 is 9.47 Å². The predicted molar refractivity (Wildman–Crippen MR) is 74.6 cm³/mol. The van der Waals surface area contributed by atoms with Crippen molar-refractivity contribution in [2.24, 2.45) is 5.92 Å². The zero-order valence-corrected chi connectivity index (χ0v) is 11.5. The molecule has 5 heteroatoms. The van der Waals surface area contributed by atoms with E-state index >= 15 is 0 Å². The second kappa shape index (κ2) is 5.63. The first-order valence-corrected chi connectivity index (χ1v) is 7.00. The highest BCUT2D eigenvalue weighted by molar-refractivity contribution is 6.02. The number of rotatable bonds is 4. The largest absolute Gasteiger partial charge is 0.461 e. The Morgan fingerprint density at radius 2 is 2.35 bits per heavy atom. The van der Waals surface area contributed by atoms with Gasteiger partial charge in [0.15, 0.2) is 5.69 Å². The van der Waals surface area contributed by atoms with Crippen molar-refractivity contribution < 1.29 is 14.3 Å². The number of nitrogens with zero attached hydrogens (tertiary/aromatic N) is 2. The number of para-hydroxylation sites is 1. The van der Waals surface area contributed by atoms with Crippen molar-refractivity contribution in [1.82, 2.24) is 9.78 Å². The van der Waals surface area contributed by atoms with Gasteiger partial charge in [-0.2, -0.15) is 5.10 Å². The van der Waals surface area contributed by atoms with Gasteiger partial charge in [0.25, 0.3) is 0 Å². The van der Waals surface area contributed by atoms with Gasteiger partial charge in [0.05, 0.1) is 18.7 Å². The second-order valence-electron chi connectivity index (χ2n) is 5.00. The fourth-order valence-corrected chi connectivity index (χ4v) is 2.59. The van der Waals surface area contributed by atoms with E-state index < -0.39 is 0 Å². The fourth-order valence-electron chi connectivity index (χ4n) is 2.59. The van der Waals surface area contributed by atoms with Crippen LogP contribution in [0, 0.1) is 5.92 Å². The zero-order chi connectivity index (χ0) is 13.9. The molecule has 106 valence electrons. The molecule has 0 spiro atoms. The zero-order valence-electron chi connectivity index (χ0n) is 11.5. The molecular formula is C15H18N2O3. The Balaban J connectivity index is 1.97. The van der Waals surface area contributed by atoms with Crippen LogP contribution >= 0.6 is 0 Å². The Morgan fingerprint density at radius 3 is 3.10 bits per heavy atom. The van der Waals surface area contributed by atoms with Crippen molar-refractivity contribution in [1.29, 1.82) is 0 Å². The summed E-state index contributed by atoms with van der Waals surface area (Å²) < 4.78 is 12.4. The van der Waals surface area contributed by atoms with Crippen LogP contribution in [0.1, 0.15) is 23.8 Å². The van der Waals surface area contributed by atoms with Gasteiger partial charge in [0.1, 0.15) is 0 Å². The van der Waals surface area contributed by atoms with E-state index in [9.17, 15) is 4.79 Å². The number of carbonyl (C=O) groups is 1. The highest BCUT2D eigenvalue weighted by atomic mass is 16.5. The lowest BCUT2D eigenvalue weighted by atomic mass is 10.1. The van der Waals surface area contributed by atoms with Crippen molar-refractivity contribution in [3.05, 3.63) is 30.0 Å². The van der Waals surface area contributed by atoms with Gasteiger partial charge in [0.2, 0.25) is 0 Å². The van der Waals surface area contributed by atoms with Crippen molar-refractivity contribution in [3.63, 3.8) is 0 Å². The van der Waals surface area contributed by atoms with E-state index in [0.29, 0.717) is 18.2 Å². The van der Waals surface area contributed by atoms with Crippen molar-refractivity contribution >= 4 is 16.9 Å². The quantitative estimate of drug-likeness (QED) is 0.802. The average Bonchev–Trinajstić information content (AvgIpc) is 3.08. The lowest BCUT2D eigenvalue weighted by Crippen LogP contribution is -2.13. The lowest BCUT2D eigenvalue weighted by Gasteiger charge is -2.08. The SMILES string of the molecule is CCOC(=O)c1nn(CC2CCOC2)c2ccccc12. The van der Waals surface area contributed by atoms with Crippen LogP contribution in [0.15, 0.2) is 24.3 Å². The van der Waals surface area contributed by atoms with Crippen molar-refractivity contribution in [2.45, 2.75) is 19.9 Å². The molecule has 1 aromatic carbocycles. The minimum atomic E-state index is -0.356. The molecule has 0 N–H and O–H groups in total. The number of esters is 1. The summed E-state index contributed by atoms with van der Waals surface area (Å²) in [7, 11) is 0. The molecule has 0 aliphatic carbocycles. The number of hydrogen-bond acceptors (Lipinski definition) is 4. The van der Waals surface area contributed by atoms with Gasteiger partial charge in [-0.25, -0.2) is 4.79 Å². The van der Waals surface area contributed by atoms with Crippen molar-refractivity contribution in [2.75, 3.05) is 19.8 Å². The van der Waals surface area contributed by atoms with E-state index in [-0.39, 0.29) is 5.97 Å². The van der Waals surface area contributed by atoms with Crippen molar-refractivity contribution in [3.8, 4) is 0 Å². The molecule has 2 heterocycles. The lowest BCUT2D eigenvalue weighted by molar-refractivity contribution is 0.0520. The average molecular weight is 274 g/mol. The van der Waals surface area contributed by atoms with Crippen LogP contribution in [-0.4, -0.2) is 35.6 Å².